The summed E-state index contributed by atoms with van der Waals surface area (Å²) in [5, 5.41) is 0. The van der Waals surface area contributed by atoms with Gasteiger partial charge < -0.3 is 5.73 Å². The highest BCUT2D eigenvalue weighted by Gasteiger charge is 2.12. The van der Waals surface area contributed by atoms with Crippen LogP contribution in [0, 0.1) is 0 Å². The minimum Gasteiger partial charge on any atom is -0.330 e. The lowest BCUT2D eigenvalue weighted by Gasteiger charge is -2.06. The molecule has 2 aromatic rings. The fourth-order valence-corrected chi connectivity index (χ4v) is 2.95. The summed E-state index contributed by atoms with van der Waals surface area (Å²) in [6, 6.07) is 11.4. The van der Waals surface area contributed by atoms with E-state index in [2.05, 4.69) is 0 Å². The van der Waals surface area contributed by atoms with Crippen LogP contribution in [0.3, 0.4) is 0 Å². The first-order valence-corrected chi connectivity index (χ1v) is 6.95. The second-order valence-electron chi connectivity index (χ2n) is 4.00. The van der Waals surface area contributed by atoms with Gasteiger partial charge in [0.1, 0.15) is 0 Å². The maximum atomic E-state index is 12.2. The number of thiophene rings is 1. The van der Waals surface area contributed by atoms with Crippen LogP contribution in [0.5, 0.6) is 0 Å². The Hall–Kier alpha value is -1.16. The normalized spacial score (nSPS) is 10.6. The highest BCUT2D eigenvalue weighted by molar-refractivity contribution is 7.16. The van der Waals surface area contributed by atoms with Crippen LogP contribution in [0.1, 0.15) is 20.8 Å². The van der Waals surface area contributed by atoms with Gasteiger partial charge in [-0.1, -0.05) is 35.9 Å². The third-order valence-corrected chi connectivity index (χ3v) is 3.93. The lowest BCUT2D eigenvalue weighted by molar-refractivity contribution is 0.0993. The molecule has 1 heterocycles. The molecule has 0 bridgehead atoms. The molecule has 2 nitrogen and oxygen atoms in total. The Morgan fingerprint density at radius 2 is 2.00 bits per heavy atom. The molecule has 1 aromatic heterocycles. The molecular weight excluding hydrogens is 266 g/mol. The van der Waals surface area contributed by atoms with Gasteiger partial charge in [-0.25, -0.2) is 0 Å². The van der Waals surface area contributed by atoms with E-state index in [0.29, 0.717) is 17.3 Å². The zero-order valence-corrected chi connectivity index (χ0v) is 11.4. The molecule has 4 heteroatoms. The van der Waals surface area contributed by atoms with Crippen LogP contribution < -0.4 is 5.73 Å². The third kappa shape index (κ3) is 3.19. The van der Waals surface area contributed by atoms with Gasteiger partial charge in [0.05, 0.1) is 4.34 Å². The third-order valence-electron chi connectivity index (χ3n) is 2.70. The predicted molar refractivity (Wildman–Crippen MR) is 76.6 cm³/mol. The van der Waals surface area contributed by atoms with Crippen LogP contribution in [-0.2, 0) is 12.8 Å². The maximum absolute atomic E-state index is 12.2. The molecule has 0 aliphatic rings. The smallest absolute Gasteiger partial charge is 0.168 e. The number of nitrogens with two attached hydrogens (primary N) is 1. The largest absolute Gasteiger partial charge is 0.330 e. The summed E-state index contributed by atoms with van der Waals surface area (Å²) in [6.45, 7) is 0.551. The molecule has 0 unspecified atom stereocenters. The van der Waals surface area contributed by atoms with Crippen LogP contribution in [0.25, 0.3) is 0 Å². The fraction of sp³-hybridized carbons (Fsp3) is 0.214. The van der Waals surface area contributed by atoms with Crippen molar-refractivity contribution in [2.24, 2.45) is 5.73 Å². The molecule has 1 aromatic carbocycles. The van der Waals surface area contributed by atoms with Gasteiger partial charge in [-0.3, -0.25) is 4.79 Å². The van der Waals surface area contributed by atoms with Gasteiger partial charge in [0.25, 0.3) is 0 Å². The van der Waals surface area contributed by atoms with Crippen molar-refractivity contribution in [3.05, 3.63) is 56.7 Å². The lowest BCUT2D eigenvalue weighted by Crippen LogP contribution is -2.10. The summed E-state index contributed by atoms with van der Waals surface area (Å²) < 4.78 is 0.716. The molecule has 0 spiro atoms. The number of Topliss-reactive ketones (excluding diaryl/α,β-unsaturated/α-hetero) is 1. The van der Waals surface area contributed by atoms with Crippen molar-refractivity contribution in [2.75, 3.05) is 6.54 Å². The molecule has 0 saturated heterocycles. The number of rotatable bonds is 5. The standard InChI is InChI=1S/C14H14ClNOS/c15-14-6-5-11(18-14)9-13(17)12-4-2-1-3-10(12)7-8-16/h1-6H,7-9,16H2. The molecular formula is C14H14ClNOS. The fourth-order valence-electron chi connectivity index (χ4n) is 1.87. The highest BCUT2D eigenvalue weighted by Crippen LogP contribution is 2.23. The molecule has 0 atom stereocenters. The van der Waals surface area contributed by atoms with Crippen LogP contribution >= 0.6 is 22.9 Å². The van der Waals surface area contributed by atoms with Crippen molar-refractivity contribution in [3.63, 3.8) is 0 Å². The summed E-state index contributed by atoms with van der Waals surface area (Å²) >= 11 is 7.31. The van der Waals surface area contributed by atoms with Gasteiger partial charge in [-0.15, -0.1) is 11.3 Å². The number of ketones is 1. The molecule has 2 N–H and O–H groups in total. The van der Waals surface area contributed by atoms with E-state index in [4.69, 9.17) is 17.3 Å². The first-order valence-electron chi connectivity index (χ1n) is 5.76. The van der Waals surface area contributed by atoms with E-state index >= 15 is 0 Å². The maximum Gasteiger partial charge on any atom is 0.168 e. The van der Waals surface area contributed by atoms with Gasteiger partial charge >= 0.3 is 0 Å². The number of carbonyl (C=O) groups excluding carboxylic acids is 1. The van der Waals surface area contributed by atoms with E-state index in [0.717, 1.165) is 22.4 Å². The van der Waals surface area contributed by atoms with Crippen molar-refractivity contribution < 1.29 is 4.79 Å². The number of benzene rings is 1. The van der Waals surface area contributed by atoms with Crippen LogP contribution in [-0.4, -0.2) is 12.3 Å². The average Bonchev–Trinajstić information content (AvgIpc) is 2.76. The Morgan fingerprint density at radius 1 is 1.22 bits per heavy atom. The zero-order chi connectivity index (χ0) is 13.0. The van der Waals surface area contributed by atoms with Crippen LogP contribution in [0.2, 0.25) is 4.34 Å². The molecule has 0 amide bonds. The van der Waals surface area contributed by atoms with E-state index in [1.54, 1.807) is 0 Å². The summed E-state index contributed by atoms with van der Waals surface area (Å²) in [6.07, 6.45) is 1.13. The van der Waals surface area contributed by atoms with Gasteiger partial charge in [0, 0.05) is 16.9 Å². The Labute approximate surface area is 115 Å². The van der Waals surface area contributed by atoms with Crippen LogP contribution in [0.4, 0.5) is 0 Å². The Morgan fingerprint density at radius 3 is 2.67 bits per heavy atom. The van der Waals surface area contributed by atoms with Crippen molar-refractivity contribution in [1.29, 1.82) is 0 Å². The topological polar surface area (TPSA) is 43.1 Å². The Bertz CT molecular complexity index is 550. The summed E-state index contributed by atoms with van der Waals surface area (Å²) in [5.41, 5.74) is 7.35. The van der Waals surface area contributed by atoms with Gasteiger partial charge in [-0.2, -0.15) is 0 Å². The first kappa shape index (κ1) is 13.3. The SMILES string of the molecule is NCCc1ccccc1C(=O)Cc1ccc(Cl)s1. The molecule has 18 heavy (non-hydrogen) atoms. The van der Waals surface area contributed by atoms with E-state index in [-0.39, 0.29) is 5.78 Å². The van der Waals surface area contributed by atoms with Crippen molar-refractivity contribution in [2.45, 2.75) is 12.8 Å². The molecule has 0 saturated carbocycles. The van der Waals surface area contributed by atoms with E-state index in [1.165, 1.54) is 11.3 Å². The molecule has 94 valence electrons. The lowest BCUT2D eigenvalue weighted by atomic mass is 9.99. The second kappa shape index (κ2) is 6.14. The molecule has 0 fully saturated rings. The Balaban J connectivity index is 2.18. The van der Waals surface area contributed by atoms with E-state index in [1.807, 2.05) is 36.4 Å². The van der Waals surface area contributed by atoms with Crippen molar-refractivity contribution >= 4 is 28.7 Å². The molecule has 2 rings (SSSR count). The van der Waals surface area contributed by atoms with Gasteiger partial charge in [0.2, 0.25) is 0 Å². The minimum absolute atomic E-state index is 0.123. The second-order valence-corrected chi connectivity index (χ2v) is 5.80. The van der Waals surface area contributed by atoms with E-state index < -0.39 is 0 Å². The van der Waals surface area contributed by atoms with Crippen molar-refractivity contribution in [3.8, 4) is 0 Å². The summed E-state index contributed by atoms with van der Waals surface area (Å²) in [7, 11) is 0. The quantitative estimate of drug-likeness (QED) is 0.853. The Kier molecular flexibility index (Phi) is 4.53. The molecule has 0 aliphatic carbocycles. The minimum atomic E-state index is 0.123. The van der Waals surface area contributed by atoms with Crippen molar-refractivity contribution in [1.82, 2.24) is 0 Å². The van der Waals surface area contributed by atoms with Gasteiger partial charge in [0.15, 0.2) is 5.78 Å². The van der Waals surface area contributed by atoms with E-state index in [9.17, 15) is 4.79 Å². The number of hydrogen-bond donors (Lipinski definition) is 1. The van der Waals surface area contributed by atoms with Gasteiger partial charge in [-0.05, 0) is 30.7 Å². The number of hydrogen-bond acceptors (Lipinski definition) is 3. The number of halogens is 1. The predicted octanol–water partition coefficient (Wildman–Crippen LogP) is 3.33. The molecule has 0 aliphatic heterocycles. The average molecular weight is 280 g/mol. The molecule has 0 radical (unpaired) electrons. The summed E-state index contributed by atoms with van der Waals surface area (Å²) in [4.78, 5) is 13.2. The summed E-state index contributed by atoms with van der Waals surface area (Å²) in [5.74, 6) is 0.123. The van der Waals surface area contributed by atoms with Crippen LogP contribution in [0.15, 0.2) is 36.4 Å². The highest BCUT2D eigenvalue weighted by atomic mass is 35.5. The monoisotopic (exact) mass is 279 g/mol. The number of carbonyl (C=O) groups is 1. The first-order chi connectivity index (χ1) is 8.70. The zero-order valence-electron chi connectivity index (χ0n) is 9.86.